The zero-order valence-corrected chi connectivity index (χ0v) is 21.3. The molecule has 1 amide bonds. The number of nitrogens with one attached hydrogen (secondary N) is 1. The molecule has 0 fully saturated rings. The number of rotatable bonds is 11. The molecule has 0 radical (unpaired) electrons. The number of hydrogen-bond acceptors (Lipinski definition) is 5. The van der Waals surface area contributed by atoms with Crippen LogP contribution in [0.4, 0.5) is 0 Å². The summed E-state index contributed by atoms with van der Waals surface area (Å²) in [6.45, 7) is 11.5. The van der Waals surface area contributed by atoms with Crippen LogP contribution < -0.4 is 34.9 Å². The van der Waals surface area contributed by atoms with Crippen molar-refractivity contribution in [1.82, 2.24) is 5.32 Å². The Morgan fingerprint density at radius 2 is 1.84 bits per heavy atom. The summed E-state index contributed by atoms with van der Waals surface area (Å²) < 4.78 is 39.2. The fourth-order valence-electron chi connectivity index (χ4n) is 2.85. The van der Waals surface area contributed by atoms with Gasteiger partial charge in [-0.25, -0.2) is 4.79 Å². The molecule has 0 aliphatic rings. The first-order valence-electron chi connectivity index (χ1n) is 9.44. The Morgan fingerprint density at radius 1 is 1.26 bits per heavy atom. The molecular formula is C22H30NNaO6S. The van der Waals surface area contributed by atoms with E-state index in [0.717, 1.165) is 11.6 Å². The van der Waals surface area contributed by atoms with Crippen molar-refractivity contribution in [3.63, 3.8) is 0 Å². The van der Waals surface area contributed by atoms with Crippen molar-refractivity contribution in [2.24, 2.45) is 5.92 Å². The number of benzene rings is 1. The van der Waals surface area contributed by atoms with Crippen molar-refractivity contribution >= 4 is 28.1 Å². The summed E-state index contributed by atoms with van der Waals surface area (Å²) in [5.41, 5.74) is 1.04. The van der Waals surface area contributed by atoms with Gasteiger partial charge < -0.3 is 11.5 Å². The van der Waals surface area contributed by atoms with Gasteiger partial charge in [0.1, 0.15) is 6.10 Å². The minimum atomic E-state index is -4.51. The summed E-state index contributed by atoms with van der Waals surface area (Å²) in [4.78, 5) is 23.6. The van der Waals surface area contributed by atoms with Gasteiger partial charge in [-0.3, -0.25) is 9.35 Å². The van der Waals surface area contributed by atoms with Gasteiger partial charge in [0.05, 0.1) is 11.3 Å². The molecule has 9 heteroatoms. The Morgan fingerprint density at radius 3 is 2.32 bits per heavy atom. The fraction of sp³-hybridized carbons (Fsp3) is 0.364. The van der Waals surface area contributed by atoms with Crippen LogP contribution in [0.3, 0.4) is 0 Å². The van der Waals surface area contributed by atoms with Crippen molar-refractivity contribution in [1.29, 1.82) is 0 Å². The molecule has 1 rings (SSSR count). The van der Waals surface area contributed by atoms with Crippen molar-refractivity contribution < 1.29 is 58.3 Å². The van der Waals surface area contributed by atoms with Crippen molar-refractivity contribution in [3.05, 3.63) is 66.8 Å². The third-order valence-electron chi connectivity index (χ3n) is 4.55. The SMILES string of the molecule is C=CC(=O)NC(C=Cc1ccccc1)C(C)C(CC(C)OC(=O)C(=C)C)S(=O)(=O)O.[H-].[Na+]. The van der Waals surface area contributed by atoms with Crippen LogP contribution in [0, 0.1) is 5.92 Å². The van der Waals surface area contributed by atoms with Gasteiger partial charge in [-0.2, -0.15) is 8.42 Å². The Balaban J connectivity index is 0. The third kappa shape index (κ3) is 10.4. The maximum absolute atomic E-state index is 12.1. The van der Waals surface area contributed by atoms with Crippen LogP contribution in [-0.2, 0) is 24.4 Å². The predicted octanol–water partition coefficient (Wildman–Crippen LogP) is 0.278. The molecule has 1 aromatic carbocycles. The molecule has 7 nitrogen and oxygen atoms in total. The first-order chi connectivity index (χ1) is 14.0. The molecule has 0 bridgehead atoms. The van der Waals surface area contributed by atoms with Gasteiger partial charge in [0, 0.05) is 12.0 Å². The number of carbonyl (C=O) groups is 2. The van der Waals surface area contributed by atoms with Crippen LogP contribution in [-0.4, -0.2) is 42.2 Å². The quantitative estimate of drug-likeness (QED) is 0.213. The van der Waals surface area contributed by atoms with E-state index in [2.05, 4.69) is 18.5 Å². The van der Waals surface area contributed by atoms with Gasteiger partial charge in [0.25, 0.3) is 10.1 Å². The number of carbonyl (C=O) groups excluding carboxylic acids is 2. The Hall–Kier alpha value is -1.71. The first kappa shape index (κ1) is 29.3. The Kier molecular flexibility index (Phi) is 12.9. The molecule has 0 aliphatic carbocycles. The second-order valence-corrected chi connectivity index (χ2v) is 8.79. The topological polar surface area (TPSA) is 110 Å². The van der Waals surface area contributed by atoms with Gasteiger partial charge in [-0.15, -0.1) is 0 Å². The van der Waals surface area contributed by atoms with E-state index in [0.29, 0.717) is 0 Å². The van der Waals surface area contributed by atoms with E-state index < -0.39 is 45.3 Å². The molecule has 0 spiro atoms. The number of ether oxygens (including phenoxy) is 1. The summed E-state index contributed by atoms with van der Waals surface area (Å²) >= 11 is 0. The van der Waals surface area contributed by atoms with Gasteiger partial charge in [0.15, 0.2) is 0 Å². The maximum atomic E-state index is 12.1. The van der Waals surface area contributed by atoms with Crippen LogP contribution >= 0.6 is 0 Å². The van der Waals surface area contributed by atoms with Crippen LogP contribution in [0.25, 0.3) is 6.08 Å². The van der Waals surface area contributed by atoms with Gasteiger partial charge in [0.2, 0.25) is 5.91 Å². The molecule has 2 N–H and O–H groups in total. The molecule has 31 heavy (non-hydrogen) atoms. The zero-order valence-electron chi connectivity index (χ0n) is 19.4. The van der Waals surface area contributed by atoms with Crippen LogP contribution in [0.15, 0.2) is 61.2 Å². The average Bonchev–Trinajstić information content (AvgIpc) is 2.68. The third-order valence-corrected chi connectivity index (χ3v) is 5.93. The molecule has 1 aromatic rings. The van der Waals surface area contributed by atoms with E-state index in [4.69, 9.17) is 4.74 Å². The second-order valence-electron chi connectivity index (χ2n) is 7.15. The summed E-state index contributed by atoms with van der Waals surface area (Å²) in [6.07, 6.45) is 3.53. The summed E-state index contributed by atoms with van der Waals surface area (Å²) in [5.74, 6) is -1.88. The molecule has 0 saturated heterocycles. The smallest absolute Gasteiger partial charge is 1.00 e. The van der Waals surface area contributed by atoms with E-state index >= 15 is 0 Å². The van der Waals surface area contributed by atoms with E-state index in [1.807, 2.05) is 30.3 Å². The van der Waals surface area contributed by atoms with Gasteiger partial charge >= 0.3 is 35.5 Å². The molecular weight excluding hydrogens is 429 g/mol. The Labute approximate surface area is 208 Å². The normalized spacial score (nSPS) is 15.1. The maximum Gasteiger partial charge on any atom is 1.00 e. The predicted molar refractivity (Wildman–Crippen MR) is 118 cm³/mol. The van der Waals surface area contributed by atoms with E-state index in [9.17, 15) is 22.6 Å². The van der Waals surface area contributed by atoms with Gasteiger partial charge in [-0.1, -0.05) is 62.6 Å². The average molecular weight is 460 g/mol. The molecule has 0 aromatic heterocycles. The minimum absolute atomic E-state index is 0. The fourth-order valence-corrected chi connectivity index (χ4v) is 4.08. The van der Waals surface area contributed by atoms with Crippen molar-refractivity contribution in [3.8, 4) is 0 Å². The van der Waals surface area contributed by atoms with Crippen molar-refractivity contribution in [2.45, 2.75) is 44.6 Å². The number of amides is 1. The van der Waals surface area contributed by atoms with Gasteiger partial charge in [-0.05, 0) is 31.4 Å². The van der Waals surface area contributed by atoms with E-state index in [-0.39, 0.29) is 43.0 Å². The van der Waals surface area contributed by atoms with E-state index in [1.165, 1.54) is 13.8 Å². The minimum Gasteiger partial charge on any atom is -1.00 e. The molecule has 166 valence electrons. The van der Waals surface area contributed by atoms with Crippen LogP contribution in [0.1, 0.15) is 34.2 Å². The molecule has 4 atom stereocenters. The summed E-state index contributed by atoms with van der Waals surface area (Å²) in [6, 6.07) is 8.53. The van der Waals surface area contributed by atoms with Crippen LogP contribution in [0.5, 0.6) is 0 Å². The standard InChI is InChI=1S/C22H29NO6S.Na.H/c1-6-21(24)23-19(13-12-18-10-8-7-9-11-18)17(5)20(30(26,27)28)14-16(4)29-22(25)15(2)3;;/h6-13,16-17,19-20H,1-2,14H2,3-5H3,(H,23,24)(H,26,27,28);;/q;+1;-1. The summed E-state index contributed by atoms with van der Waals surface area (Å²) in [5, 5.41) is 1.39. The second kappa shape index (κ2) is 13.6. The molecule has 4 unspecified atom stereocenters. The monoisotopic (exact) mass is 459 g/mol. The zero-order chi connectivity index (χ0) is 22.9. The summed E-state index contributed by atoms with van der Waals surface area (Å²) in [7, 11) is -4.51. The Bertz CT molecular complexity index is 904. The van der Waals surface area contributed by atoms with E-state index in [1.54, 1.807) is 19.1 Å². The molecule has 0 aliphatic heterocycles. The molecule has 0 heterocycles. The molecule has 0 saturated carbocycles. The van der Waals surface area contributed by atoms with Crippen molar-refractivity contribution in [2.75, 3.05) is 0 Å². The number of esters is 1. The number of hydrogen-bond donors (Lipinski definition) is 2. The van der Waals surface area contributed by atoms with Crippen LogP contribution in [0.2, 0.25) is 0 Å². The first-order valence-corrected chi connectivity index (χ1v) is 10.9. The largest absolute Gasteiger partial charge is 1.00 e.